The molecule has 0 spiro atoms. The van der Waals surface area contributed by atoms with E-state index in [2.05, 4.69) is 5.16 Å². The molecule has 16 heavy (non-hydrogen) atoms. The summed E-state index contributed by atoms with van der Waals surface area (Å²) in [6.07, 6.45) is 2.45. The Balaban J connectivity index is 1.81. The number of nitrogens with zero attached hydrogens (tertiary/aromatic N) is 2. The summed E-state index contributed by atoms with van der Waals surface area (Å²) in [6.45, 7) is 1.31. The fraction of sp³-hybridized carbons (Fsp3) is 0.273. The normalized spacial score (nSPS) is 14.9. The van der Waals surface area contributed by atoms with Crippen molar-refractivity contribution in [3.8, 4) is 0 Å². The van der Waals surface area contributed by atoms with E-state index >= 15 is 0 Å². The molecule has 1 aliphatic rings. The minimum Gasteiger partial charge on any atom is -0.361 e. The second-order valence-electron chi connectivity index (χ2n) is 3.73. The molecular weight excluding hydrogens is 224 g/mol. The van der Waals surface area contributed by atoms with Crippen LogP contribution in [0, 0.1) is 0 Å². The van der Waals surface area contributed by atoms with Gasteiger partial charge >= 0.3 is 0 Å². The van der Waals surface area contributed by atoms with Crippen LogP contribution in [0.1, 0.15) is 21.0 Å². The van der Waals surface area contributed by atoms with Crippen molar-refractivity contribution in [1.29, 1.82) is 0 Å². The first-order chi connectivity index (χ1) is 7.84. The van der Waals surface area contributed by atoms with Gasteiger partial charge in [-0.15, -0.1) is 11.3 Å². The summed E-state index contributed by atoms with van der Waals surface area (Å²) in [5.41, 5.74) is 1.02. The number of carbonyl (C=O) groups excluding carboxylic acids is 1. The van der Waals surface area contributed by atoms with Gasteiger partial charge in [0.15, 0.2) is 0 Å². The molecule has 0 aromatic carbocycles. The molecule has 0 saturated heterocycles. The van der Waals surface area contributed by atoms with E-state index < -0.39 is 0 Å². The zero-order chi connectivity index (χ0) is 11.0. The molecule has 0 radical (unpaired) electrons. The molecule has 0 saturated carbocycles. The lowest BCUT2D eigenvalue weighted by Crippen LogP contribution is -2.35. The first-order valence-corrected chi connectivity index (χ1v) is 5.98. The summed E-state index contributed by atoms with van der Waals surface area (Å²) in [6, 6.07) is 3.75. The van der Waals surface area contributed by atoms with E-state index in [1.54, 1.807) is 6.20 Å². The number of fused-ring (bicyclic) bond motifs is 1. The monoisotopic (exact) mass is 234 g/mol. The van der Waals surface area contributed by atoms with Gasteiger partial charge in [-0.3, -0.25) is 4.79 Å². The maximum atomic E-state index is 12.1. The number of thiophene rings is 1. The molecule has 0 atom stereocenters. The van der Waals surface area contributed by atoms with Crippen LogP contribution in [0.2, 0.25) is 0 Å². The van der Waals surface area contributed by atoms with E-state index in [1.807, 2.05) is 22.4 Å². The highest BCUT2D eigenvalue weighted by molar-refractivity contribution is 7.12. The third-order valence-corrected chi connectivity index (χ3v) is 3.58. The maximum absolute atomic E-state index is 12.1. The molecule has 1 amide bonds. The standard InChI is InChI=1S/C11H10N2O2S/c14-11(10-2-1-5-16-10)13-4-3-9-8(7-13)6-12-15-9/h1-2,5-6H,3-4,7H2. The molecule has 4 nitrogen and oxygen atoms in total. The van der Waals surface area contributed by atoms with Gasteiger partial charge in [0, 0.05) is 18.5 Å². The Morgan fingerprint density at radius 2 is 2.50 bits per heavy atom. The van der Waals surface area contributed by atoms with Crippen LogP contribution in [0.4, 0.5) is 0 Å². The lowest BCUT2D eigenvalue weighted by Gasteiger charge is -2.25. The zero-order valence-corrected chi connectivity index (χ0v) is 9.37. The third-order valence-electron chi connectivity index (χ3n) is 2.72. The Morgan fingerprint density at radius 1 is 1.56 bits per heavy atom. The first kappa shape index (κ1) is 9.59. The van der Waals surface area contributed by atoms with E-state index in [1.165, 1.54) is 11.3 Å². The van der Waals surface area contributed by atoms with E-state index in [9.17, 15) is 4.79 Å². The van der Waals surface area contributed by atoms with E-state index in [-0.39, 0.29) is 5.91 Å². The van der Waals surface area contributed by atoms with Crippen LogP contribution in [-0.4, -0.2) is 22.5 Å². The fourth-order valence-electron chi connectivity index (χ4n) is 1.87. The van der Waals surface area contributed by atoms with Gasteiger partial charge in [0.05, 0.1) is 17.6 Å². The predicted molar refractivity (Wildman–Crippen MR) is 59.3 cm³/mol. The molecule has 2 aromatic heterocycles. The molecule has 0 aliphatic carbocycles. The number of amides is 1. The lowest BCUT2D eigenvalue weighted by atomic mass is 10.1. The molecule has 1 aliphatic heterocycles. The van der Waals surface area contributed by atoms with E-state index in [4.69, 9.17) is 4.52 Å². The van der Waals surface area contributed by atoms with Gasteiger partial charge in [-0.2, -0.15) is 0 Å². The quantitative estimate of drug-likeness (QED) is 0.757. The summed E-state index contributed by atoms with van der Waals surface area (Å²) >= 11 is 1.48. The molecule has 0 unspecified atom stereocenters. The summed E-state index contributed by atoms with van der Waals surface area (Å²) < 4.78 is 5.09. The Kier molecular flexibility index (Phi) is 2.25. The fourth-order valence-corrected chi connectivity index (χ4v) is 2.56. The van der Waals surface area contributed by atoms with Crippen molar-refractivity contribution in [3.63, 3.8) is 0 Å². The van der Waals surface area contributed by atoms with E-state index in [0.29, 0.717) is 13.1 Å². The van der Waals surface area contributed by atoms with Crippen molar-refractivity contribution in [1.82, 2.24) is 10.1 Å². The van der Waals surface area contributed by atoms with Crippen molar-refractivity contribution < 1.29 is 9.32 Å². The highest BCUT2D eigenvalue weighted by Gasteiger charge is 2.24. The number of rotatable bonds is 1. The molecule has 0 bridgehead atoms. The average molecular weight is 234 g/mol. The molecule has 0 N–H and O–H groups in total. The van der Waals surface area contributed by atoms with E-state index in [0.717, 1.165) is 22.6 Å². The zero-order valence-electron chi connectivity index (χ0n) is 8.55. The Hall–Kier alpha value is -1.62. The highest BCUT2D eigenvalue weighted by Crippen LogP contribution is 2.21. The number of hydrogen-bond acceptors (Lipinski definition) is 4. The topological polar surface area (TPSA) is 46.3 Å². The minimum absolute atomic E-state index is 0.0989. The summed E-state index contributed by atoms with van der Waals surface area (Å²) in [5, 5.41) is 5.67. The second kappa shape index (κ2) is 3.75. The highest BCUT2D eigenvalue weighted by atomic mass is 32.1. The smallest absolute Gasteiger partial charge is 0.264 e. The SMILES string of the molecule is O=C(c1cccs1)N1CCc2oncc2C1. The second-order valence-corrected chi connectivity index (χ2v) is 4.68. The third kappa shape index (κ3) is 1.53. The molecule has 5 heteroatoms. The summed E-state index contributed by atoms with van der Waals surface area (Å²) in [4.78, 5) is 14.7. The molecule has 2 aromatic rings. The van der Waals surface area contributed by atoms with Gasteiger partial charge in [0.1, 0.15) is 5.76 Å². The van der Waals surface area contributed by atoms with Crippen molar-refractivity contribution in [2.45, 2.75) is 13.0 Å². The van der Waals surface area contributed by atoms with Crippen molar-refractivity contribution in [3.05, 3.63) is 39.9 Å². The lowest BCUT2D eigenvalue weighted by molar-refractivity contribution is 0.0734. The van der Waals surface area contributed by atoms with Crippen LogP contribution in [0.25, 0.3) is 0 Å². The van der Waals surface area contributed by atoms with Crippen molar-refractivity contribution in [2.24, 2.45) is 0 Å². The van der Waals surface area contributed by atoms with Gasteiger partial charge in [-0.05, 0) is 11.4 Å². The average Bonchev–Trinajstić information content (AvgIpc) is 2.98. The van der Waals surface area contributed by atoms with Crippen LogP contribution in [-0.2, 0) is 13.0 Å². The Labute approximate surface area is 96.5 Å². The number of aromatic nitrogens is 1. The van der Waals surface area contributed by atoms with Crippen LogP contribution in [0.5, 0.6) is 0 Å². The van der Waals surface area contributed by atoms with Crippen LogP contribution in [0.3, 0.4) is 0 Å². The van der Waals surface area contributed by atoms with Crippen LogP contribution >= 0.6 is 11.3 Å². The molecule has 82 valence electrons. The van der Waals surface area contributed by atoms with Crippen molar-refractivity contribution >= 4 is 17.2 Å². The largest absolute Gasteiger partial charge is 0.361 e. The number of hydrogen-bond donors (Lipinski definition) is 0. The van der Waals surface area contributed by atoms with Gasteiger partial charge < -0.3 is 9.42 Å². The first-order valence-electron chi connectivity index (χ1n) is 5.10. The minimum atomic E-state index is 0.0989. The molecule has 3 heterocycles. The molecular formula is C11H10N2O2S. The molecule has 3 rings (SSSR count). The van der Waals surface area contributed by atoms with Crippen LogP contribution in [0.15, 0.2) is 28.2 Å². The number of carbonyl (C=O) groups is 1. The molecule has 0 fully saturated rings. The van der Waals surface area contributed by atoms with Crippen LogP contribution < -0.4 is 0 Å². The Morgan fingerprint density at radius 3 is 3.31 bits per heavy atom. The van der Waals surface area contributed by atoms with Crippen molar-refractivity contribution in [2.75, 3.05) is 6.54 Å². The van der Waals surface area contributed by atoms with Gasteiger partial charge in [-0.25, -0.2) is 0 Å². The summed E-state index contributed by atoms with van der Waals surface area (Å²) in [5.74, 6) is 1.01. The maximum Gasteiger partial charge on any atom is 0.264 e. The summed E-state index contributed by atoms with van der Waals surface area (Å²) in [7, 11) is 0. The predicted octanol–water partition coefficient (Wildman–Crippen LogP) is 1.93. The Bertz CT molecular complexity index is 504. The van der Waals surface area contributed by atoms with Gasteiger partial charge in [0.25, 0.3) is 5.91 Å². The van der Waals surface area contributed by atoms with Gasteiger partial charge in [0.2, 0.25) is 0 Å². The van der Waals surface area contributed by atoms with Gasteiger partial charge in [-0.1, -0.05) is 11.2 Å².